The van der Waals surface area contributed by atoms with Gasteiger partial charge < -0.3 is 9.84 Å². The highest BCUT2D eigenvalue weighted by molar-refractivity contribution is 6.32. The molecular weight excluding hydrogens is 241 g/mol. The van der Waals surface area contributed by atoms with Crippen LogP contribution >= 0.6 is 24.0 Å². The van der Waals surface area contributed by atoms with Crippen LogP contribution in [0.3, 0.4) is 0 Å². The maximum atomic E-state index is 10.7. The van der Waals surface area contributed by atoms with Gasteiger partial charge in [0.15, 0.2) is 0 Å². The van der Waals surface area contributed by atoms with Gasteiger partial charge in [-0.15, -0.1) is 12.4 Å². The fourth-order valence-corrected chi connectivity index (χ4v) is 1.17. The average molecular weight is 248 g/mol. The van der Waals surface area contributed by atoms with Crippen LogP contribution in [0.15, 0.2) is 12.1 Å². The van der Waals surface area contributed by atoms with Crippen LogP contribution in [-0.4, -0.2) is 18.2 Å². The second kappa shape index (κ2) is 5.44. The lowest BCUT2D eigenvalue weighted by Gasteiger charge is -2.05. The van der Waals surface area contributed by atoms with Gasteiger partial charge in [-0.2, -0.15) is 5.26 Å². The van der Waals surface area contributed by atoms with Crippen molar-refractivity contribution in [2.45, 2.75) is 0 Å². The standard InChI is InChI=1S/C9H6ClNO3.ClH/c1-14-8-3-7(10)5(4-11)2-6(8)9(12)13;/h2-3H,1H3,(H,12,13);1H. The lowest BCUT2D eigenvalue weighted by atomic mass is 10.1. The van der Waals surface area contributed by atoms with E-state index in [9.17, 15) is 4.79 Å². The van der Waals surface area contributed by atoms with Crippen molar-refractivity contribution < 1.29 is 14.6 Å². The van der Waals surface area contributed by atoms with Gasteiger partial charge in [0.05, 0.1) is 17.7 Å². The van der Waals surface area contributed by atoms with E-state index >= 15 is 0 Å². The molecule has 0 heterocycles. The van der Waals surface area contributed by atoms with E-state index in [1.807, 2.05) is 0 Å². The van der Waals surface area contributed by atoms with Gasteiger partial charge in [0.1, 0.15) is 17.4 Å². The summed E-state index contributed by atoms with van der Waals surface area (Å²) in [6.45, 7) is 0. The SMILES string of the molecule is COc1cc(Cl)c(C#N)cc1C(=O)O.Cl. The van der Waals surface area contributed by atoms with E-state index < -0.39 is 5.97 Å². The second-order valence-electron chi connectivity index (χ2n) is 2.45. The Morgan fingerprint density at radius 1 is 1.60 bits per heavy atom. The fourth-order valence-electron chi connectivity index (χ4n) is 0.977. The minimum absolute atomic E-state index is 0. The molecule has 0 aliphatic heterocycles. The summed E-state index contributed by atoms with van der Waals surface area (Å²) in [5, 5.41) is 17.6. The summed E-state index contributed by atoms with van der Waals surface area (Å²) in [5.41, 5.74) is 0.0401. The van der Waals surface area contributed by atoms with E-state index in [-0.39, 0.29) is 34.3 Å². The predicted molar refractivity (Wildman–Crippen MR) is 56.9 cm³/mol. The topological polar surface area (TPSA) is 70.3 Å². The molecule has 0 amide bonds. The van der Waals surface area contributed by atoms with Gasteiger partial charge in [-0.25, -0.2) is 4.79 Å². The molecule has 0 aliphatic carbocycles. The van der Waals surface area contributed by atoms with Crippen molar-refractivity contribution in [1.29, 1.82) is 5.26 Å². The van der Waals surface area contributed by atoms with Gasteiger partial charge in [-0.05, 0) is 6.07 Å². The highest BCUT2D eigenvalue weighted by Gasteiger charge is 2.14. The van der Waals surface area contributed by atoms with Crippen LogP contribution in [0.2, 0.25) is 5.02 Å². The second-order valence-corrected chi connectivity index (χ2v) is 2.86. The first-order valence-electron chi connectivity index (χ1n) is 3.61. The van der Waals surface area contributed by atoms with Crippen LogP contribution in [0.4, 0.5) is 0 Å². The molecule has 1 rings (SSSR count). The van der Waals surface area contributed by atoms with Gasteiger partial charge in [-0.1, -0.05) is 11.6 Å². The molecule has 0 unspecified atom stereocenters. The summed E-state index contributed by atoms with van der Waals surface area (Å²) in [7, 11) is 1.34. The number of carbonyl (C=O) groups is 1. The van der Waals surface area contributed by atoms with Crippen molar-refractivity contribution in [3.63, 3.8) is 0 Å². The molecule has 6 heteroatoms. The van der Waals surface area contributed by atoms with E-state index in [0.717, 1.165) is 0 Å². The van der Waals surface area contributed by atoms with Gasteiger partial charge in [0.2, 0.25) is 0 Å². The lowest BCUT2D eigenvalue weighted by Crippen LogP contribution is -2.01. The van der Waals surface area contributed by atoms with E-state index in [1.54, 1.807) is 6.07 Å². The molecule has 0 bridgehead atoms. The van der Waals surface area contributed by atoms with Crippen molar-refractivity contribution in [2.75, 3.05) is 7.11 Å². The first-order chi connectivity index (χ1) is 6.60. The van der Waals surface area contributed by atoms with Gasteiger partial charge in [0, 0.05) is 6.07 Å². The van der Waals surface area contributed by atoms with Crippen LogP contribution < -0.4 is 4.74 Å². The van der Waals surface area contributed by atoms with Gasteiger partial charge in [-0.3, -0.25) is 0 Å². The number of ether oxygens (including phenoxy) is 1. The number of rotatable bonds is 2. The zero-order valence-electron chi connectivity index (χ0n) is 7.65. The number of benzene rings is 1. The zero-order valence-corrected chi connectivity index (χ0v) is 9.22. The van der Waals surface area contributed by atoms with Crippen LogP contribution in [-0.2, 0) is 0 Å². The number of nitrogens with zero attached hydrogens (tertiary/aromatic N) is 1. The Bertz CT molecular complexity index is 426. The summed E-state index contributed by atoms with van der Waals surface area (Å²) < 4.78 is 4.81. The summed E-state index contributed by atoms with van der Waals surface area (Å²) >= 11 is 5.69. The molecule has 0 spiro atoms. The summed E-state index contributed by atoms with van der Waals surface area (Å²) in [6, 6.07) is 4.28. The Kier molecular flexibility index (Phi) is 4.92. The maximum Gasteiger partial charge on any atom is 0.339 e. The van der Waals surface area contributed by atoms with Crippen molar-refractivity contribution in [3.8, 4) is 11.8 Å². The molecule has 80 valence electrons. The molecular formula is C9H7Cl2NO3. The monoisotopic (exact) mass is 247 g/mol. The maximum absolute atomic E-state index is 10.7. The normalized spacial score (nSPS) is 8.60. The summed E-state index contributed by atoms with van der Waals surface area (Å²) in [5.74, 6) is -1.02. The summed E-state index contributed by atoms with van der Waals surface area (Å²) in [6.07, 6.45) is 0. The number of aromatic carboxylic acids is 1. The Hall–Kier alpha value is -1.44. The van der Waals surface area contributed by atoms with E-state index in [4.69, 9.17) is 26.7 Å². The predicted octanol–water partition coefficient (Wildman–Crippen LogP) is 2.34. The summed E-state index contributed by atoms with van der Waals surface area (Å²) in [4.78, 5) is 10.7. The minimum Gasteiger partial charge on any atom is -0.496 e. The smallest absolute Gasteiger partial charge is 0.339 e. The number of hydrogen-bond donors (Lipinski definition) is 1. The molecule has 0 fully saturated rings. The van der Waals surface area contributed by atoms with Crippen molar-refractivity contribution in [3.05, 3.63) is 28.3 Å². The lowest BCUT2D eigenvalue weighted by molar-refractivity contribution is 0.0693. The molecule has 4 nitrogen and oxygen atoms in total. The largest absolute Gasteiger partial charge is 0.496 e. The molecule has 1 N–H and O–H groups in total. The van der Waals surface area contributed by atoms with Crippen molar-refractivity contribution >= 4 is 30.0 Å². The number of carboxylic acids is 1. The molecule has 0 atom stereocenters. The minimum atomic E-state index is -1.16. The first-order valence-corrected chi connectivity index (χ1v) is 3.99. The van der Waals surface area contributed by atoms with Crippen molar-refractivity contribution in [2.24, 2.45) is 0 Å². The third-order valence-corrected chi connectivity index (χ3v) is 1.95. The highest BCUT2D eigenvalue weighted by Crippen LogP contribution is 2.26. The molecule has 1 aromatic carbocycles. The molecule has 1 aromatic rings. The number of methoxy groups -OCH3 is 1. The van der Waals surface area contributed by atoms with E-state index in [2.05, 4.69) is 0 Å². The Balaban J connectivity index is 0.00000196. The van der Waals surface area contributed by atoms with Crippen molar-refractivity contribution in [1.82, 2.24) is 0 Å². The Labute approximate surface area is 97.4 Å². The zero-order chi connectivity index (χ0) is 10.7. The third kappa shape index (κ3) is 2.75. The third-order valence-electron chi connectivity index (χ3n) is 1.64. The highest BCUT2D eigenvalue weighted by atomic mass is 35.5. The number of carboxylic acid groups (broad SMARTS) is 1. The Morgan fingerprint density at radius 2 is 2.20 bits per heavy atom. The average Bonchev–Trinajstić information content (AvgIpc) is 2.16. The van der Waals surface area contributed by atoms with Crippen LogP contribution in [0.5, 0.6) is 5.75 Å². The fraction of sp³-hybridized carbons (Fsp3) is 0.111. The first kappa shape index (κ1) is 13.6. The van der Waals surface area contributed by atoms with Crippen LogP contribution in [0.25, 0.3) is 0 Å². The van der Waals surface area contributed by atoms with Crippen LogP contribution in [0.1, 0.15) is 15.9 Å². The molecule has 0 radical (unpaired) electrons. The number of halogens is 2. The van der Waals surface area contributed by atoms with Gasteiger partial charge >= 0.3 is 5.97 Å². The van der Waals surface area contributed by atoms with E-state index in [1.165, 1.54) is 19.2 Å². The molecule has 0 saturated carbocycles. The number of hydrogen-bond acceptors (Lipinski definition) is 3. The molecule has 0 aliphatic rings. The number of nitriles is 1. The quantitative estimate of drug-likeness (QED) is 0.871. The molecule has 15 heavy (non-hydrogen) atoms. The molecule has 0 saturated heterocycles. The Morgan fingerprint density at radius 3 is 2.60 bits per heavy atom. The van der Waals surface area contributed by atoms with Crippen LogP contribution in [0, 0.1) is 11.3 Å². The van der Waals surface area contributed by atoms with Gasteiger partial charge in [0.25, 0.3) is 0 Å². The molecule has 0 aromatic heterocycles. The van der Waals surface area contributed by atoms with E-state index in [0.29, 0.717) is 0 Å².